The molecule has 2 heterocycles. The summed E-state index contributed by atoms with van der Waals surface area (Å²) in [5, 5.41) is 2.96. The van der Waals surface area contributed by atoms with Gasteiger partial charge in [-0.05, 0) is 56.0 Å². The maximum absolute atomic E-state index is 12.3. The fraction of sp³-hybridized carbons (Fsp3) is 0.400. The zero-order valence-electron chi connectivity index (χ0n) is 14.5. The quantitative estimate of drug-likeness (QED) is 0.840. The van der Waals surface area contributed by atoms with Crippen molar-refractivity contribution >= 4 is 5.91 Å². The first-order chi connectivity index (χ1) is 12.2. The van der Waals surface area contributed by atoms with Gasteiger partial charge in [0.25, 0.3) is 5.91 Å². The number of hydrogen-bond acceptors (Lipinski definition) is 4. The van der Waals surface area contributed by atoms with Crippen LogP contribution in [0, 0.1) is 6.92 Å². The number of aromatic nitrogens is 1. The second-order valence-electron chi connectivity index (χ2n) is 6.30. The van der Waals surface area contributed by atoms with Crippen molar-refractivity contribution in [3.63, 3.8) is 0 Å². The Bertz CT molecular complexity index is 694. The molecule has 1 aromatic carbocycles. The van der Waals surface area contributed by atoms with Crippen LogP contribution < -0.4 is 10.1 Å². The minimum atomic E-state index is -0.0585. The number of carbonyl (C=O) groups excluding carboxylic acids is 1. The minimum absolute atomic E-state index is 0.0585. The Labute approximate surface area is 148 Å². The van der Waals surface area contributed by atoms with Gasteiger partial charge in [0.2, 0.25) is 0 Å². The monoisotopic (exact) mass is 340 g/mol. The van der Waals surface area contributed by atoms with E-state index in [4.69, 9.17) is 9.47 Å². The van der Waals surface area contributed by atoms with Gasteiger partial charge in [-0.2, -0.15) is 0 Å². The lowest BCUT2D eigenvalue weighted by Crippen LogP contribution is -2.27. The van der Waals surface area contributed by atoms with E-state index in [1.165, 1.54) is 0 Å². The van der Waals surface area contributed by atoms with E-state index in [1.54, 1.807) is 6.20 Å². The van der Waals surface area contributed by atoms with Crippen LogP contribution in [0.2, 0.25) is 0 Å². The third kappa shape index (κ3) is 5.29. The first-order valence-electron chi connectivity index (χ1n) is 8.75. The van der Waals surface area contributed by atoms with Crippen molar-refractivity contribution in [3.05, 3.63) is 59.4 Å². The van der Waals surface area contributed by atoms with Gasteiger partial charge in [-0.15, -0.1) is 0 Å². The summed E-state index contributed by atoms with van der Waals surface area (Å²) in [4.78, 5) is 16.5. The molecule has 25 heavy (non-hydrogen) atoms. The first-order valence-corrected chi connectivity index (χ1v) is 8.75. The molecule has 5 heteroatoms. The van der Waals surface area contributed by atoms with Gasteiger partial charge in [0.15, 0.2) is 0 Å². The molecule has 1 aromatic heterocycles. The molecule has 1 aliphatic heterocycles. The molecule has 1 atom stereocenters. The Hall–Kier alpha value is -2.40. The molecule has 5 nitrogen and oxygen atoms in total. The molecule has 1 N–H and O–H groups in total. The summed E-state index contributed by atoms with van der Waals surface area (Å²) in [5.74, 6) is 0.661. The summed E-state index contributed by atoms with van der Waals surface area (Å²) in [6.45, 7) is 3.82. The summed E-state index contributed by atoms with van der Waals surface area (Å²) >= 11 is 0. The van der Waals surface area contributed by atoms with Crippen LogP contribution in [0.25, 0.3) is 0 Å². The summed E-state index contributed by atoms with van der Waals surface area (Å²) in [6.07, 6.45) is 5.09. The molecule has 1 amide bonds. The van der Waals surface area contributed by atoms with E-state index in [0.29, 0.717) is 24.8 Å². The zero-order valence-corrected chi connectivity index (χ0v) is 14.5. The number of benzene rings is 1. The number of amides is 1. The number of nitrogens with zero attached hydrogens (tertiary/aromatic N) is 1. The average Bonchev–Trinajstić information content (AvgIpc) is 3.15. The van der Waals surface area contributed by atoms with Crippen molar-refractivity contribution in [1.82, 2.24) is 10.3 Å². The van der Waals surface area contributed by atoms with Gasteiger partial charge in [0.05, 0.1) is 12.3 Å². The first kappa shape index (κ1) is 17.4. The third-order valence-corrected chi connectivity index (χ3v) is 4.25. The molecule has 0 unspecified atom stereocenters. The van der Waals surface area contributed by atoms with Gasteiger partial charge in [-0.25, -0.2) is 0 Å². The largest absolute Gasteiger partial charge is 0.487 e. The summed E-state index contributed by atoms with van der Waals surface area (Å²) < 4.78 is 11.3. The van der Waals surface area contributed by atoms with E-state index < -0.39 is 0 Å². The second-order valence-corrected chi connectivity index (χ2v) is 6.30. The van der Waals surface area contributed by atoms with Crippen LogP contribution in [0.15, 0.2) is 42.6 Å². The van der Waals surface area contributed by atoms with E-state index >= 15 is 0 Å². The Morgan fingerprint density at radius 1 is 1.36 bits per heavy atom. The summed E-state index contributed by atoms with van der Waals surface area (Å²) in [7, 11) is 0. The van der Waals surface area contributed by atoms with Gasteiger partial charge >= 0.3 is 0 Å². The number of ether oxygens (including phenoxy) is 2. The Kier molecular flexibility index (Phi) is 6.01. The highest BCUT2D eigenvalue weighted by atomic mass is 16.5. The molecule has 2 aromatic rings. The van der Waals surface area contributed by atoms with Crippen LogP contribution in [0.1, 0.15) is 40.9 Å². The van der Waals surface area contributed by atoms with Crippen molar-refractivity contribution in [3.8, 4) is 5.75 Å². The molecule has 1 aliphatic rings. The number of aryl methyl sites for hydroxylation is 1. The second kappa shape index (κ2) is 8.62. The van der Waals surface area contributed by atoms with Gasteiger partial charge in [0, 0.05) is 24.4 Å². The van der Waals surface area contributed by atoms with Crippen LogP contribution in [0.5, 0.6) is 5.75 Å². The molecule has 1 fully saturated rings. The fourth-order valence-electron chi connectivity index (χ4n) is 2.83. The molecular formula is C20H24N2O3. The van der Waals surface area contributed by atoms with Crippen LogP contribution in [-0.2, 0) is 11.3 Å². The van der Waals surface area contributed by atoms with Crippen LogP contribution in [-0.4, -0.2) is 30.1 Å². The SMILES string of the molecule is Cc1ccc(OCc2cccc(C(=O)NCC[C@@H]3CCCO3)c2)cn1. The lowest BCUT2D eigenvalue weighted by atomic mass is 10.1. The standard InChI is InChI=1S/C20H24N2O3/c1-15-7-8-19(13-22-15)25-14-16-4-2-5-17(12-16)20(23)21-10-9-18-6-3-11-24-18/h2,4-5,7-8,12-13,18H,3,6,9-11,14H2,1H3,(H,21,23)/t18-/m0/s1. The van der Waals surface area contributed by atoms with Crippen molar-refractivity contribution in [1.29, 1.82) is 0 Å². The zero-order chi connectivity index (χ0) is 17.5. The normalized spacial score (nSPS) is 16.6. The molecule has 0 aliphatic carbocycles. The predicted molar refractivity (Wildman–Crippen MR) is 95.7 cm³/mol. The van der Waals surface area contributed by atoms with Crippen LogP contribution in [0.4, 0.5) is 0 Å². The van der Waals surface area contributed by atoms with E-state index in [0.717, 1.165) is 42.9 Å². The average molecular weight is 340 g/mol. The highest BCUT2D eigenvalue weighted by Crippen LogP contribution is 2.15. The van der Waals surface area contributed by atoms with Crippen molar-refractivity contribution < 1.29 is 14.3 Å². The van der Waals surface area contributed by atoms with Crippen molar-refractivity contribution in [2.24, 2.45) is 0 Å². The highest BCUT2D eigenvalue weighted by Gasteiger charge is 2.15. The van der Waals surface area contributed by atoms with Gasteiger partial charge < -0.3 is 14.8 Å². The van der Waals surface area contributed by atoms with Crippen LogP contribution >= 0.6 is 0 Å². The van der Waals surface area contributed by atoms with E-state index in [9.17, 15) is 4.79 Å². The molecule has 132 valence electrons. The molecule has 0 spiro atoms. The number of carbonyl (C=O) groups is 1. The van der Waals surface area contributed by atoms with Crippen LogP contribution in [0.3, 0.4) is 0 Å². The van der Waals surface area contributed by atoms with Crippen molar-refractivity contribution in [2.45, 2.75) is 38.9 Å². The third-order valence-electron chi connectivity index (χ3n) is 4.25. The summed E-state index contributed by atoms with van der Waals surface area (Å²) in [6, 6.07) is 11.3. The Morgan fingerprint density at radius 3 is 3.04 bits per heavy atom. The van der Waals surface area contributed by atoms with Gasteiger partial charge in [-0.3, -0.25) is 9.78 Å². The molecule has 0 radical (unpaired) electrons. The number of nitrogens with one attached hydrogen (secondary N) is 1. The Balaban J connectivity index is 1.49. The topological polar surface area (TPSA) is 60.5 Å². The fourth-order valence-corrected chi connectivity index (χ4v) is 2.83. The van der Waals surface area contributed by atoms with E-state index in [2.05, 4.69) is 10.3 Å². The molecule has 1 saturated heterocycles. The highest BCUT2D eigenvalue weighted by molar-refractivity contribution is 5.94. The smallest absolute Gasteiger partial charge is 0.251 e. The predicted octanol–water partition coefficient (Wildman–Crippen LogP) is 3.27. The molecule has 0 bridgehead atoms. The Morgan fingerprint density at radius 2 is 2.28 bits per heavy atom. The number of pyridine rings is 1. The van der Waals surface area contributed by atoms with Crippen molar-refractivity contribution in [2.75, 3.05) is 13.2 Å². The van der Waals surface area contributed by atoms with Gasteiger partial charge in [0.1, 0.15) is 12.4 Å². The molecule has 3 rings (SSSR count). The maximum atomic E-state index is 12.3. The number of hydrogen-bond donors (Lipinski definition) is 1. The lowest BCUT2D eigenvalue weighted by molar-refractivity contribution is 0.0907. The van der Waals surface area contributed by atoms with Gasteiger partial charge in [-0.1, -0.05) is 12.1 Å². The maximum Gasteiger partial charge on any atom is 0.251 e. The molecule has 0 saturated carbocycles. The summed E-state index contributed by atoms with van der Waals surface area (Å²) in [5.41, 5.74) is 2.55. The minimum Gasteiger partial charge on any atom is -0.487 e. The van der Waals surface area contributed by atoms with E-state index in [-0.39, 0.29) is 5.91 Å². The van der Waals surface area contributed by atoms with E-state index in [1.807, 2.05) is 43.3 Å². The lowest BCUT2D eigenvalue weighted by Gasteiger charge is -2.11. The number of rotatable bonds is 7. The molecular weight excluding hydrogens is 316 g/mol.